The maximum atomic E-state index is 12.0. The van der Waals surface area contributed by atoms with Gasteiger partial charge in [0.25, 0.3) is 11.5 Å². The third-order valence-corrected chi connectivity index (χ3v) is 3.39. The Bertz CT molecular complexity index is 969. The predicted molar refractivity (Wildman–Crippen MR) is 86.9 cm³/mol. The van der Waals surface area contributed by atoms with E-state index in [1.54, 1.807) is 30.3 Å². The number of nitriles is 1. The van der Waals surface area contributed by atoms with E-state index in [0.29, 0.717) is 16.9 Å². The summed E-state index contributed by atoms with van der Waals surface area (Å²) in [7, 11) is 0. The number of nitrogens with zero attached hydrogens (tertiary/aromatic N) is 6. The maximum absolute atomic E-state index is 12.0. The number of aromatic nitrogens is 5. The van der Waals surface area contributed by atoms with Crippen molar-refractivity contribution >= 4 is 5.91 Å². The monoisotopic (exact) mass is 335 g/mol. The third kappa shape index (κ3) is 3.76. The molecule has 0 aliphatic heterocycles. The standard InChI is InChI=1S/C16H13N7O2/c17-9-12-1-3-13(4-2-12)16(25)19-7-8-22-15(24)6-5-14(21-22)23-11-18-10-20-23/h1-6,10-11H,7-8H2,(H,19,25). The van der Waals surface area contributed by atoms with Crippen molar-refractivity contribution in [3.05, 3.63) is 70.5 Å². The SMILES string of the molecule is N#Cc1ccc(C(=O)NCCn2nc(-n3cncn3)ccc2=O)cc1. The number of carbonyl (C=O) groups is 1. The summed E-state index contributed by atoms with van der Waals surface area (Å²) in [4.78, 5) is 27.7. The molecule has 0 spiro atoms. The molecule has 1 N–H and O–H groups in total. The summed E-state index contributed by atoms with van der Waals surface area (Å²) in [6, 6.07) is 11.2. The van der Waals surface area contributed by atoms with Gasteiger partial charge >= 0.3 is 0 Å². The molecule has 0 atom stereocenters. The number of hydrogen-bond donors (Lipinski definition) is 1. The molecule has 124 valence electrons. The van der Waals surface area contributed by atoms with Crippen LogP contribution in [0.3, 0.4) is 0 Å². The van der Waals surface area contributed by atoms with E-state index in [1.807, 2.05) is 6.07 Å². The quantitative estimate of drug-likeness (QED) is 0.708. The van der Waals surface area contributed by atoms with Gasteiger partial charge in [-0.2, -0.15) is 10.4 Å². The zero-order chi connectivity index (χ0) is 17.6. The normalized spacial score (nSPS) is 10.2. The van der Waals surface area contributed by atoms with E-state index >= 15 is 0 Å². The zero-order valence-electron chi connectivity index (χ0n) is 13.0. The Hall–Kier alpha value is -3.80. The summed E-state index contributed by atoms with van der Waals surface area (Å²) in [5.74, 6) is 0.167. The fourth-order valence-corrected chi connectivity index (χ4v) is 2.12. The average Bonchev–Trinajstić information content (AvgIpc) is 3.18. The first-order chi connectivity index (χ1) is 12.2. The fraction of sp³-hybridized carbons (Fsp3) is 0.125. The molecule has 2 aromatic heterocycles. The molecule has 3 aromatic rings. The molecular weight excluding hydrogens is 322 g/mol. The van der Waals surface area contributed by atoms with Crippen molar-refractivity contribution in [1.82, 2.24) is 29.9 Å². The predicted octanol–water partition coefficient (Wildman–Crippen LogP) is 0.126. The van der Waals surface area contributed by atoms with Crippen LogP contribution in [0.15, 0.2) is 53.8 Å². The highest BCUT2D eigenvalue weighted by atomic mass is 16.2. The van der Waals surface area contributed by atoms with Crippen LogP contribution in [0.1, 0.15) is 15.9 Å². The molecule has 0 unspecified atom stereocenters. The van der Waals surface area contributed by atoms with Gasteiger partial charge in [0.1, 0.15) is 12.7 Å². The Morgan fingerprint density at radius 1 is 1.20 bits per heavy atom. The number of rotatable bonds is 5. The zero-order valence-corrected chi connectivity index (χ0v) is 13.0. The molecule has 25 heavy (non-hydrogen) atoms. The molecular formula is C16H13N7O2. The van der Waals surface area contributed by atoms with Gasteiger partial charge in [-0.05, 0) is 30.3 Å². The fourth-order valence-electron chi connectivity index (χ4n) is 2.12. The molecule has 9 nitrogen and oxygen atoms in total. The highest BCUT2D eigenvalue weighted by molar-refractivity contribution is 5.94. The van der Waals surface area contributed by atoms with E-state index in [0.717, 1.165) is 0 Å². The molecule has 0 saturated heterocycles. The Morgan fingerprint density at radius 2 is 2.00 bits per heavy atom. The molecule has 2 heterocycles. The molecule has 1 amide bonds. The van der Waals surface area contributed by atoms with E-state index < -0.39 is 0 Å². The van der Waals surface area contributed by atoms with Crippen LogP contribution in [-0.2, 0) is 6.54 Å². The highest BCUT2D eigenvalue weighted by Gasteiger charge is 2.07. The highest BCUT2D eigenvalue weighted by Crippen LogP contribution is 2.03. The molecule has 0 saturated carbocycles. The summed E-state index contributed by atoms with van der Waals surface area (Å²) >= 11 is 0. The van der Waals surface area contributed by atoms with Crippen molar-refractivity contribution < 1.29 is 4.79 Å². The Kier molecular flexibility index (Phi) is 4.62. The summed E-state index contributed by atoms with van der Waals surface area (Å²) in [6.07, 6.45) is 2.85. The van der Waals surface area contributed by atoms with E-state index in [2.05, 4.69) is 20.5 Å². The lowest BCUT2D eigenvalue weighted by molar-refractivity contribution is 0.0951. The number of hydrogen-bond acceptors (Lipinski definition) is 6. The van der Waals surface area contributed by atoms with Gasteiger partial charge in [0.15, 0.2) is 5.82 Å². The first kappa shape index (κ1) is 16.1. The molecule has 0 bridgehead atoms. The lowest BCUT2D eigenvalue weighted by Gasteiger charge is -2.08. The minimum atomic E-state index is -0.287. The van der Waals surface area contributed by atoms with Gasteiger partial charge in [-0.1, -0.05) is 0 Å². The van der Waals surface area contributed by atoms with Crippen molar-refractivity contribution in [3.63, 3.8) is 0 Å². The number of benzene rings is 1. The van der Waals surface area contributed by atoms with Gasteiger partial charge in [-0.25, -0.2) is 14.3 Å². The van der Waals surface area contributed by atoms with Gasteiger partial charge in [-0.15, -0.1) is 5.10 Å². The second-order valence-corrected chi connectivity index (χ2v) is 5.04. The van der Waals surface area contributed by atoms with Crippen molar-refractivity contribution in [3.8, 4) is 11.9 Å². The van der Waals surface area contributed by atoms with E-state index in [1.165, 1.54) is 28.1 Å². The van der Waals surface area contributed by atoms with E-state index in [-0.39, 0.29) is 24.6 Å². The van der Waals surface area contributed by atoms with Crippen LogP contribution < -0.4 is 10.9 Å². The first-order valence-electron chi connectivity index (χ1n) is 7.39. The topological polar surface area (TPSA) is 118 Å². The molecule has 0 aliphatic carbocycles. The smallest absolute Gasteiger partial charge is 0.266 e. The van der Waals surface area contributed by atoms with E-state index in [9.17, 15) is 9.59 Å². The van der Waals surface area contributed by atoms with Crippen LogP contribution >= 0.6 is 0 Å². The van der Waals surface area contributed by atoms with Crippen molar-refractivity contribution in [1.29, 1.82) is 5.26 Å². The molecule has 9 heteroatoms. The minimum Gasteiger partial charge on any atom is -0.350 e. The van der Waals surface area contributed by atoms with Gasteiger partial charge < -0.3 is 5.32 Å². The third-order valence-electron chi connectivity index (χ3n) is 3.39. The van der Waals surface area contributed by atoms with Crippen LogP contribution in [0.2, 0.25) is 0 Å². The van der Waals surface area contributed by atoms with Crippen molar-refractivity contribution in [2.45, 2.75) is 6.54 Å². The maximum Gasteiger partial charge on any atom is 0.266 e. The van der Waals surface area contributed by atoms with Gasteiger partial charge in [0.05, 0.1) is 18.2 Å². The van der Waals surface area contributed by atoms with Crippen molar-refractivity contribution in [2.24, 2.45) is 0 Å². The lowest BCUT2D eigenvalue weighted by Crippen LogP contribution is -2.32. The van der Waals surface area contributed by atoms with Gasteiger partial charge in [-0.3, -0.25) is 9.59 Å². The summed E-state index contributed by atoms with van der Waals surface area (Å²) in [5, 5.41) is 19.6. The van der Waals surface area contributed by atoms with Crippen LogP contribution in [0.25, 0.3) is 5.82 Å². The van der Waals surface area contributed by atoms with Crippen molar-refractivity contribution in [2.75, 3.05) is 6.54 Å². The summed E-state index contributed by atoms with van der Waals surface area (Å²) in [5.41, 5.74) is 0.643. The number of nitrogens with one attached hydrogen (secondary N) is 1. The largest absolute Gasteiger partial charge is 0.350 e. The molecule has 0 fully saturated rings. The molecule has 3 rings (SSSR count). The van der Waals surface area contributed by atoms with Crippen LogP contribution in [0.4, 0.5) is 0 Å². The van der Waals surface area contributed by atoms with Gasteiger partial charge in [0.2, 0.25) is 0 Å². The van der Waals surface area contributed by atoms with Gasteiger partial charge in [0, 0.05) is 18.2 Å². The Balaban J connectivity index is 1.63. The first-order valence-corrected chi connectivity index (χ1v) is 7.39. The van der Waals surface area contributed by atoms with Crippen LogP contribution in [-0.4, -0.2) is 37.0 Å². The Morgan fingerprint density at radius 3 is 2.68 bits per heavy atom. The van der Waals surface area contributed by atoms with Crippen LogP contribution in [0.5, 0.6) is 0 Å². The summed E-state index contributed by atoms with van der Waals surface area (Å²) < 4.78 is 2.68. The van der Waals surface area contributed by atoms with E-state index in [4.69, 9.17) is 5.26 Å². The number of carbonyl (C=O) groups excluding carboxylic acids is 1. The van der Waals surface area contributed by atoms with Crippen LogP contribution in [0, 0.1) is 11.3 Å². The lowest BCUT2D eigenvalue weighted by atomic mass is 10.1. The minimum absolute atomic E-state index is 0.212. The second-order valence-electron chi connectivity index (χ2n) is 5.04. The summed E-state index contributed by atoms with van der Waals surface area (Å²) in [6.45, 7) is 0.440. The average molecular weight is 335 g/mol. The molecule has 0 aliphatic rings. The Labute approximate surface area is 142 Å². The second kappa shape index (κ2) is 7.18. The number of amides is 1. The molecule has 0 radical (unpaired) electrons. The molecule has 1 aromatic carbocycles.